The summed E-state index contributed by atoms with van der Waals surface area (Å²) in [6.07, 6.45) is 4.43. The molecule has 0 saturated carbocycles. The minimum absolute atomic E-state index is 0.0897. The zero-order chi connectivity index (χ0) is 21.2. The van der Waals surface area contributed by atoms with Crippen LogP contribution in [-0.4, -0.2) is 37.3 Å². The Morgan fingerprint density at radius 3 is 2.43 bits per heavy atom. The highest BCUT2D eigenvalue weighted by atomic mass is 16.5. The SMILES string of the molecule is CCCCC[C@@](C)(OCCC)C(=O)Nc1ccc(OC(C)C)c(C(=O)OC)c1. The van der Waals surface area contributed by atoms with Crippen LogP contribution in [0.1, 0.15) is 77.1 Å². The summed E-state index contributed by atoms with van der Waals surface area (Å²) in [5, 5.41) is 2.89. The van der Waals surface area contributed by atoms with Crippen molar-refractivity contribution in [3.05, 3.63) is 23.8 Å². The monoisotopic (exact) mass is 393 g/mol. The number of amides is 1. The minimum Gasteiger partial charge on any atom is -0.490 e. The lowest BCUT2D eigenvalue weighted by Crippen LogP contribution is -2.43. The van der Waals surface area contributed by atoms with E-state index in [1.165, 1.54) is 7.11 Å². The molecular formula is C22H35NO5. The molecule has 6 heteroatoms. The van der Waals surface area contributed by atoms with Gasteiger partial charge in [-0.1, -0.05) is 33.1 Å². The molecule has 0 unspecified atom stereocenters. The highest BCUT2D eigenvalue weighted by Gasteiger charge is 2.33. The molecule has 0 fully saturated rings. The number of ether oxygens (including phenoxy) is 3. The Labute approximate surface area is 168 Å². The maximum atomic E-state index is 13.0. The number of unbranched alkanes of at least 4 members (excludes halogenated alkanes) is 2. The third kappa shape index (κ3) is 7.15. The molecule has 1 N–H and O–H groups in total. The van der Waals surface area contributed by atoms with Gasteiger partial charge in [-0.05, 0) is 51.8 Å². The first-order valence-corrected chi connectivity index (χ1v) is 10.1. The van der Waals surface area contributed by atoms with Crippen LogP contribution in [0.4, 0.5) is 5.69 Å². The molecule has 6 nitrogen and oxygen atoms in total. The van der Waals surface area contributed by atoms with Crippen LogP contribution < -0.4 is 10.1 Å². The predicted octanol–water partition coefficient (Wildman–Crippen LogP) is 4.96. The molecule has 1 rings (SSSR count). The van der Waals surface area contributed by atoms with Crippen molar-refractivity contribution in [2.24, 2.45) is 0 Å². The Kier molecular flexibility index (Phi) is 10.0. The minimum atomic E-state index is -0.913. The molecule has 158 valence electrons. The summed E-state index contributed by atoms with van der Waals surface area (Å²) < 4.78 is 16.4. The summed E-state index contributed by atoms with van der Waals surface area (Å²) in [5.41, 5.74) is -0.136. The Balaban J connectivity index is 3.04. The first kappa shape index (κ1) is 24.0. The highest BCUT2D eigenvalue weighted by molar-refractivity contribution is 5.99. The van der Waals surface area contributed by atoms with E-state index in [9.17, 15) is 9.59 Å². The number of esters is 1. The molecule has 0 spiro atoms. The number of rotatable bonds is 12. The average Bonchev–Trinajstić information content (AvgIpc) is 2.66. The number of methoxy groups -OCH3 is 1. The standard InChI is InChI=1S/C22H35NO5/c1-7-9-10-13-22(5,27-14-8-2)21(25)23-17-11-12-19(28-16(3)4)18(15-17)20(24)26-6/h11-12,15-16H,7-10,13-14H2,1-6H3,(H,23,25)/t22-/m1/s1. The van der Waals surface area contributed by atoms with Crippen molar-refractivity contribution < 1.29 is 23.8 Å². The molecule has 0 bridgehead atoms. The van der Waals surface area contributed by atoms with Crippen molar-refractivity contribution in [1.82, 2.24) is 0 Å². The molecule has 1 atom stereocenters. The molecule has 1 amide bonds. The first-order valence-electron chi connectivity index (χ1n) is 10.1. The summed E-state index contributed by atoms with van der Waals surface area (Å²) in [6, 6.07) is 4.96. The van der Waals surface area contributed by atoms with E-state index < -0.39 is 11.6 Å². The molecule has 0 heterocycles. The highest BCUT2D eigenvalue weighted by Crippen LogP contribution is 2.27. The van der Waals surface area contributed by atoms with Gasteiger partial charge in [0.05, 0.1) is 13.2 Å². The zero-order valence-corrected chi connectivity index (χ0v) is 18.1. The van der Waals surface area contributed by atoms with Crippen molar-refractivity contribution in [2.75, 3.05) is 19.0 Å². The number of anilines is 1. The molecule has 0 aliphatic heterocycles. The van der Waals surface area contributed by atoms with Crippen LogP contribution in [0.15, 0.2) is 18.2 Å². The second-order valence-corrected chi connectivity index (χ2v) is 7.36. The number of carbonyl (C=O) groups excluding carboxylic acids is 2. The fraction of sp³-hybridized carbons (Fsp3) is 0.636. The van der Waals surface area contributed by atoms with Gasteiger partial charge in [0.25, 0.3) is 5.91 Å². The molecule has 0 saturated heterocycles. The second kappa shape index (κ2) is 11.7. The molecule has 0 aromatic heterocycles. The van der Waals surface area contributed by atoms with Crippen LogP contribution in [0.3, 0.4) is 0 Å². The fourth-order valence-corrected chi connectivity index (χ4v) is 2.79. The van der Waals surface area contributed by atoms with Crippen LogP contribution in [0.25, 0.3) is 0 Å². The lowest BCUT2D eigenvalue weighted by molar-refractivity contribution is -0.140. The van der Waals surface area contributed by atoms with E-state index in [0.29, 0.717) is 24.5 Å². The molecule has 1 aromatic rings. The van der Waals surface area contributed by atoms with Crippen molar-refractivity contribution in [2.45, 2.75) is 78.4 Å². The molecule has 0 aliphatic carbocycles. The number of hydrogen-bond acceptors (Lipinski definition) is 5. The zero-order valence-electron chi connectivity index (χ0n) is 18.1. The van der Waals surface area contributed by atoms with Gasteiger partial charge in [-0.25, -0.2) is 4.79 Å². The molecule has 0 radical (unpaired) electrons. The van der Waals surface area contributed by atoms with Gasteiger partial charge in [0.1, 0.15) is 16.9 Å². The maximum absolute atomic E-state index is 13.0. The number of hydrogen-bond donors (Lipinski definition) is 1. The van der Waals surface area contributed by atoms with Crippen molar-refractivity contribution in [1.29, 1.82) is 0 Å². The Morgan fingerprint density at radius 1 is 1.14 bits per heavy atom. The van der Waals surface area contributed by atoms with Gasteiger partial charge in [0.15, 0.2) is 0 Å². The van der Waals surface area contributed by atoms with Gasteiger partial charge in [0.2, 0.25) is 0 Å². The van der Waals surface area contributed by atoms with E-state index in [1.54, 1.807) is 18.2 Å². The van der Waals surface area contributed by atoms with Gasteiger partial charge < -0.3 is 19.5 Å². The van der Waals surface area contributed by atoms with E-state index >= 15 is 0 Å². The van der Waals surface area contributed by atoms with E-state index in [-0.39, 0.29) is 17.6 Å². The van der Waals surface area contributed by atoms with Crippen molar-refractivity contribution in [3.63, 3.8) is 0 Å². The van der Waals surface area contributed by atoms with Crippen LogP contribution in [0.2, 0.25) is 0 Å². The van der Waals surface area contributed by atoms with Gasteiger partial charge in [-0.3, -0.25) is 4.79 Å². The van der Waals surface area contributed by atoms with Crippen LogP contribution in [0.5, 0.6) is 5.75 Å². The average molecular weight is 394 g/mol. The number of benzene rings is 1. The Morgan fingerprint density at radius 2 is 1.86 bits per heavy atom. The Hall–Kier alpha value is -2.08. The first-order chi connectivity index (χ1) is 13.3. The van der Waals surface area contributed by atoms with E-state index in [2.05, 4.69) is 12.2 Å². The molecule has 0 aliphatic rings. The van der Waals surface area contributed by atoms with Crippen LogP contribution in [-0.2, 0) is 14.3 Å². The van der Waals surface area contributed by atoms with Crippen molar-refractivity contribution in [3.8, 4) is 5.75 Å². The molecule has 28 heavy (non-hydrogen) atoms. The van der Waals surface area contributed by atoms with E-state index in [4.69, 9.17) is 14.2 Å². The normalized spacial score (nSPS) is 13.1. The van der Waals surface area contributed by atoms with Gasteiger partial charge >= 0.3 is 5.97 Å². The molecule has 1 aromatic carbocycles. The summed E-state index contributed by atoms with van der Waals surface area (Å²) >= 11 is 0. The van der Waals surface area contributed by atoms with Gasteiger partial charge in [0, 0.05) is 12.3 Å². The van der Waals surface area contributed by atoms with Gasteiger partial charge in [-0.2, -0.15) is 0 Å². The summed E-state index contributed by atoms with van der Waals surface area (Å²) in [4.78, 5) is 25.1. The van der Waals surface area contributed by atoms with Gasteiger partial charge in [-0.15, -0.1) is 0 Å². The lowest BCUT2D eigenvalue weighted by atomic mass is 9.96. The Bertz CT molecular complexity index is 644. The van der Waals surface area contributed by atoms with Crippen LogP contribution in [0, 0.1) is 0 Å². The maximum Gasteiger partial charge on any atom is 0.341 e. The van der Waals surface area contributed by atoms with Crippen molar-refractivity contribution >= 4 is 17.6 Å². The quantitative estimate of drug-likeness (QED) is 0.401. The molecular weight excluding hydrogens is 358 g/mol. The third-order valence-corrected chi connectivity index (χ3v) is 4.37. The summed E-state index contributed by atoms with van der Waals surface area (Å²) in [7, 11) is 1.32. The number of carbonyl (C=O) groups is 2. The second-order valence-electron chi connectivity index (χ2n) is 7.36. The van der Waals surface area contributed by atoms with Crippen LogP contribution >= 0.6 is 0 Å². The van der Waals surface area contributed by atoms with E-state index in [0.717, 1.165) is 25.7 Å². The summed E-state index contributed by atoms with van der Waals surface area (Å²) in [5.74, 6) is -0.308. The van der Waals surface area contributed by atoms with E-state index in [1.807, 2.05) is 27.7 Å². The lowest BCUT2D eigenvalue weighted by Gasteiger charge is -2.29. The topological polar surface area (TPSA) is 73.9 Å². The fourth-order valence-electron chi connectivity index (χ4n) is 2.79. The summed E-state index contributed by atoms with van der Waals surface area (Å²) in [6.45, 7) is 10.2. The predicted molar refractivity (Wildman–Crippen MR) is 111 cm³/mol. The third-order valence-electron chi connectivity index (χ3n) is 4.37. The largest absolute Gasteiger partial charge is 0.490 e. The smallest absolute Gasteiger partial charge is 0.341 e. The number of nitrogens with one attached hydrogen (secondary N) is 1.